The Kier molecular flexibility index (Phi) is 4.73. The van der Waals surface area contributed by atoms with Gasteiger partial charge in [-0.2, -0.15) is 0 Å². The number of alkyl halides is 2. The summed E-state index contributed by atoms with van der Waals surface area (Å²) in [7, 11) is 0. The smallest absolute Gasteiger partial charge is 0.270 e. The largest absolute Gasteiger partial charge is 0.392 e. The number of rotatable bonds is 4. The Morgan fingerprint density at radius 1 is 1.65 bits per heavy atom. The van der Waals surface area contributed by atoms with Crippen LogP contribution in [0.3, 0.4) is 0 Å². The van der Waals surface area contributed by atoms with E-state index >= 15 is 0 Å². The van der Waals surface area contributed by atoms with Crippen molar-refractivity contribution in [2.45, 2.75) is 13.3 Å². The van der Waals surface area contributed by atoms with Crippen LogP contribution in [0.25, 0.3) is 0 Å². The zero-order chi connectivity index (χ0) is 13.0. The molecule has 0 aromatic rings. The SMILES string of the molecule is CCN1C(=O)CS/C1=C(/N)C(=O)NCC(F)F. The van der Waals surface area contributed by atoms with Crippen LogP contribution in [-0.4, -0.2) is 42.0 Å². The zero-order valence-corrected chi connectivity index (χ0v) is 10.0. The number of halogens is 2. The zero-order valence-electron chi connectivity index (χ0n) is 9.20. The minimum Gasteiger partial charge on any atom is -0.392 e. The van der Waals surface area contributed by atoms with Crippen molar-refractivity contribution in [1.82, 2.24) is 10.2 Å². The molecule has 17 heavy (non-hydrogen) atoms. The molecule has 1 aliphatic heterocycles. The van der Waals surface area contributed by atoms with E-state index in [0.29, 0.717) is 11.6 Å². The lowest BCUT2D eigenvalue weighted by Gasteiger charge is -2.16. The number of nitrogens with one attached hydrogen (secondary N) is 1. The van der Waals surface area contributed by atoms with E-state index in [-0.39, 0.29) is 17.4 Å². The highest BCUT2D eigenvalue weighted by Crippen LogP contribution is 2.29. The van der Waals surface area contributed by atoms with E-state index in [1.807, 2.05) is 5.32 Å². The second-order valence-corrected chi connectivity index (χ2v) is 4.21. The highest BCUT2D eigenvalue weighted by molar-refractivity contribution is 8.04. The molecule has 0 aliphatic carbocycles. The van der Waals surface area contributed by atoms with Gasteiger partial charge in [-0.1, -0.05) is 11.8 Å². The molecule has 0 radical (unpaired) electrons. The van der Waals surface area contributed by atoms with Crippen LogP contribution in [-0.2, 0) is 9.59 Å². The van der Waals surface area contributed by atoms with Crippen molar-refractivity contribution in [2.24, 2.45) is 5.73 Å². The van der Waals surface area contributed by atoms with Gasteiger partial charge in [-0.05, 0) is 6.92 Å². The quantitative estimate of drug-likeness (QED) is 0.706. The second kappa shape index (κ2) is 5.85. The summed E-state index contributed by atoms with van der Waals surface area (Å²) in [5.41, 5.74) is 5.35. The predicted molar refractivity (Wildman–Crippen MR) is 60.1 cm³/mol. The van der Waals surface area contributed by atoms with Gasteiger partial charge in [0, 0.05) is 6.54 Å². The molecule has 0 aromatic heterocycles. The maximum atomic E-state index is 11.9. The molecule has 0 aromatic carbocycles. The van der Waals surface area contributed by atoms with Crippen LogP contribution in [0.2, 0.25) is 0 Å². The highest BCUT2D eigenvalue weighted by atomic mass is 32.2. The van der Waals surface area contributed by atoms with E-state index in [1.165, 1.54) is 4.90 Å². The molecule has 1 heterocycles. The normalized spacial score (nSPS) is 18.8. The van der Waals surface area contributed by atoms with E-state index in [1.54, 1.807) is 6.92 Å². The molecule has 5 nitrogen and oxygen atoms in total. The fourth-order valence-electron chi connectivity index (χ4n) is 1.30. The Bertz CT molecular complexity index is 360. The fourth-order valence-corrected chi connectivity index (χ4v) is 2.36. The first-order chi connectivity index (χ1) is 7.97. The van der Waals surface area contributed by atoms with Gasteiger partial charge >= 0.3 is 0 Å². The average molecular weight is 265 g/mol. The third-order valence-electron chi connectivity index (χ3n) is 2.09. The minimum absolute atomic E-state index is 0.142. The summed E-state index contributed by atoms with van der Waals surface area (Å²) in [5, 5.41) is 2.33. The van der Waals surface area contributed by atoms with Crippen molar-refractivity contribution in [3.63, 3.8) is 0 Å². The van der Waals surface area contributed by atoms with Gasteiger partial charge in [-0.3, -0.25) is 9.59 Å². The van der Waals surface area contributed by atoms with Crippen molar-refractivity contribution in [1.29, 1.82) is 0 Å². The number of nitrogens with two attached hydrogens (primary N) is 1. The van der Waals surface area contributed by atoms with Crippen LogP contribution >= 0.6 is 11.8 Å². The molecule has 0 atom stereocenters. The molecule has 3 N–H and O–H groups in total. The first-order valence-corrected chi connectivity index (χ1v) is 5.95. The van der Waals surface area contributed by atoms with Crippen molar-refractivity contribution < 1.29 is 18.4 Å². The summed E-state index contributed by atoms with van der Waals surface area (Å²) in [6, 6.07) is 0. The molecule has 8 heteroatoms. The molecule has 0 saturated carbocycles. The van der Waals surface area contributed by atoms with Gasteiger partial charge in [0.25, 0.3) is 12.3 Å². The molecule has 0 bridgehead atoms. The van der Waals surface area contributed by atoms with Crippen molar-refractivity contribution in [3.05, 3.63) is 10.7 Å². The van der Waals surface area contributed by atoms with Crippen molar-refractivity contribution >= 4 is 23.6 Å². The monoisotopic (exact) mass is 265 g/mol. The number of hydrogen-bond acceptors (Lipinski definition) is 4. The van der Waals surface area contributed by atoms with E-state index in [0.717, 1.165) is 11.8 Å². The van der Waals surface area contributed by atoms with Crippen LogP contribution in [0.1, 0.15) is 6.92 Å². The van der Waals surface area contributed by atoms with E-state index in [2.05, 4.69) is 0 Å². The number of hydrogen-bond donors (Lipinski definition) is 2. The first kappa shape index (κ1) is 13.8. The summed E-state index contributed by atoms with van der Waals surface area (Å²) < 4.78 is 23.8. The Balaban J connectivity index is 2.75. The van der Waals surface area contributed by atoms with Gasteiger partial charge in [-0.15, -0.1) is 0 Å². The maximum absolute atomic E-state index is 11.9. The van der Waals surface area contributed by atoms with Gasteiger partial charge < -0.3 is 16.0 Å². The Morgan fingerprint density at radius 2 is 2.29 bits per heavy atom. The number of thioether (sulfide) groups is 1. The topological polar surface area (TPSA) is 75.4 Å². The van der Waals surface area contributed by atoms with Gasteiger partial charge in [0.05, 0.1) is 12.3 Å². The van der Waals surface area contributed by atoms with E-state index in [4.69, 9.17) is 5.73 Å². The minimum atomic E-state index is -2.63. The number of carbonyl (C=O) groups is 2. The van der Waals surface area contributed by atoms with Crippen molar-refractivity contribution in [3.8, 4) is 0 Å². The molecule has 1 rings (SSSR count). The van der Waals surface area contributed by atoms with Gasteiger partial charge in [-0.25, -0.2) is 8.78 Å². The Hall–Kier alpha value is -1.31. The Labute approximate surface area is 101 Å². The summed E-state index contributed by atoms with van der Waals surface area (Å²) in [6.45, 7) is 1.38. The van der Waals surface area contributed by atoms with Crippen LogP contribution in [0.5, 0.6) is 0 Å². The third-order valence-corrected chi connectivity index (χ3v) is 3.19. The van der Waals surface area contributed by atoms with Crippen molar-refractivity contribution in [2.75, 3.05) is 18.8 Å². The molecular formula is C9H13F2N3O2S. The molecule has 2 amide bonds. The maximum Gasteiger partial charge on any atom is 0.270 e. The number of carbonyl (C=O) groups excluding carboxylic acids is 2. The van der Waals surface area contributed by atoms with Crippen LogP contribution < -0.4 is 11.1 Å². The summed E-state index contributed by atoms with van der Waals surface area (Å²) in [4.78, 5) is 24.2. The van der Waals surface area contributed by atoms with Crippen LogP contribution in [0.15, 0.2) is 10.7 Å². The molecular weight excluding hydrogens is 252 g/mol. The highest BCUT2D eigenvalue weighted by Gasteiger charge is 2.29. The lowest BCUT2D eigenvalue weighted by molar-refractivity contribution is -0.125. The van der Waals surface area contributed by atoms with E-state index in [9.17, 15) is 18.4 Å². The predicted octanol–water partition coefficient (Wildman–Crippen LogP) is 0.0908. The molecule has 0 spiro atoms. The lowest BCUT2D eigenvalue weighted by atomic mass is 10.4. The molecule has 0 unspecified atom stereocenters. The molecule has 1 fully saturated rings. The van der Waals surface area contributed by atoms with Gasteiger partial charge in [0.1, 0.15) is 10.7 Å². The van der Waals surface area contributed by atoms with Gasteiger partial charge in [0.2, 0.25) is 5.91 Å². The summed E-state index contributed by atoms with van der Waals surface area (Å²) >= 11 is 1.14. The average Bonchev–Trinajstić information content (AvgIpc) is 2.66. The number of amides is 2. The van der Waals surface area contributed by atoms with Crippen LogP contribution in [0.4, 0.5) is 8.78 Å². The van der Waals surface area contributed by atoms with Gasteiger partial charge in [0.15, 0.2) is 0 Å². The molecule has 1 aliphatic rings. The number of nitrogens with zero attached hydrogens (tertiary/aromatic N) is 1. The lowest BCUT2D eigenvalue weighted by Crippen LogP contribution is -2.35. The third kappa shape index (κ3) is 3.32. The fraction of sp³-hybridized carbons (Fsp3) is 0.556. The molecule has 1 saturated heterocycles. The standard InChI is InChI=1S/C9H13F2N3O2S/c1-2-14-6(15)4-17-9(14)7(12)8(16)13-3-5(10)11/h5H,2-4,12H2,1H3,(H,13,16)/b9-7+. The van der Waals surface area contributed by atoms with Crippen LogP contribution in [0, 0.1) is 0 Å². The first-order valence-electron chi connectivity index (χ1n) is 4.96. The van der Waals surface area contributed by atoms with E-state index < -0.39 is 18.9 Å². The Morgan fingerprint density at radius 3 is 2.82 bits per heavy atom. The summed E-state index contributed by atoms with van der Waals surface area (Å²) in [6.07, 6.45) is -2.63. The second-order valence-electron chi connectivity index (χ2n) is 3.25. The molecule has 96 valence electrons. The summed E-state index contributed by atoms with van der Waals surface area (Å²) in [5.74, 6) is -0.704.